The second-order valence-electron chi connectivity index (χ2n) is 9.34. The van der Waals surface area contributed by atoms with Gasteiger partial charge in [-0.2, -0.15) is 5.26 Å². The van der Waals surface area contributed by atoms with Gasteiger partial charge in [-0.25, -0.2) is 18.4 Å². The number of rotatable bonds is 5. The molecule has 1 aromatic heterocycles. The van der Waals surface area contributed by atoms with Gasteiger partial charge in [-0.3, -0.25) is 0 Å². The van der Waals surface area contributed by atoms with E-state index in [2.05, 4.69) is 9.97 Å². The molecule has 2 aliphatic rings. The molecule has 1 heterocycles. The first-order chi connectivity index (χ1) is 15.1. The number of sulfone groups is 1. The second-order valence-corrected chi connectivity index (χ2v) is 11.4. The Balaban J connectivity index is 1.88. The van der Waals surface area contributed by atoms with E-state index in [4.69, 9.17) is 21.5 Å². The lowest BCUT2D eigenvalue weighted by molar-refractivity contribution is 0.143. The van der Waals surface area contributed by atoms with Crippen LogP contribution in [0.15, 0.2) is 23.4 Å². The Kier molecular flexibility index (Phi) is 5.86. The Morgan fingerprint density at radius 2 is 1.94 bits per heavy atom. The van der Waals surface area contributed by atoms with Gasteiger partial charge >= 0.3 is 0 Å². The molecular formula is C23H29N5O3S. The summed E-state index contributed by atoms with van der Waals surface area (Å²) in [6.07, 6.45) is 4.95. The molecule has 1 fully saturated rings. The maximum Gasteiger partial charge on any atom is 0.183 e. The zero-order valence-electron chi connectivity index (χ0n) is 18.5. The molecule has 0 amide bonds. The summed E-state index contributed by atoms with van der Waals surface area (Å²) in [7, 11) is -3.77. The summed E-state index contributed by atoms with van der Waals surface area (Å²) in [6, 6.07) is 5.69. The molecule has 0 radical (unpaired) electrons. The average Bonchev–Trinajstić information content (AvgIpc) is 2.73. The van der Waals surface area contributed by atoms with Gasteiger partial charge < -0.3 is 16.2 Å². The first-order valence-electron chi connectivity index (χ1n) is 10.9. The Morgan fingerprint density at radius 1 is 1.22 bits per heavy atom. The maximum atomic E-state index is 13.5. The van der Waals surface area contributed by atoms with Crippen molar-refractivity contribution in [2.75, 3.05) is 11.5 Å². The Bertz CT molecular complexity index is 1180. The summed E-state index contributed by atoms with van der Waals surface area (Å²) in [4.78, 5) is 8.79. The lowest BCUT2D eigenvalue weighted by Crippen LogP contribution is -2.33. The van der Waals surface area contributed by atoms with E-state index >= 15 is 0 Å². The third-order valence-electron chi connectivity index (χ3n) is 6.46. The van der Waals surface area contributed by atoms with Crippen molar-refractivity contribution < 1.29 is 13.2 Å². The van der Waals surface area contributed by atoms with Gasteiger partial charge in [0, 0.05) is 23.6 Å². The number of nitrogens with two attached hydrogens (primary N) is 2. The van der Waals surface area contributed by atoms with Crippen molar-refractivity contribution in [2.24, 2.45) is 5.73 Å². The molecule has 9 heteroatoms. The molecule has 0 aliphatic heterocycles. The molecular weight excluding hydrogens is 426 g/mol. The fourth-order valence-electron chi connectivity index (χ4n) is 4.91. The Morgan fingerprint density at radius 3 is 2.62 bits per heavy atom. The van der Waals surface area contributed by atoms with Gasteiger partial charge in [0.15, 0.2) is 9.84 Å². The van der Waals surface area contributed by atoms with Crippen LogP contribution >= 0.6 is 0 Å². The number of fused-ring (bicyclic) bond motifs is 3. The van der Waals surface area contributed by atoms with Gasteiger partial charge in [0.05, 0.1) is 23.6 Å². The van der Waals surface area contributed by atoms with Crippen molar-refractivity contribution in [3.63, 3.8) is 0 Å². The molecule has 0 unspecified atom stereocenters. The molecule has 1 aromatic carbocycles. The monoisotopic (exact) mass is 455 g/mol. The van der Waals surface area contributed by atoms with Crippen LogP contribution in [0, 0.1) is 11.3 Å². The quantitative estimate of drug-likeness (QED) is 0.700. The first kappa shape index (κ1) is 22.5. The van der Waals surface area contributed by atoms with Crippen molar-refractivity contribution in [3.8, 4) is 23.1 Å². The van der Waals surface area contributed by atoms with Crippen LogP contribution in [-0.4, -0.2) is 36.3 Å². The molecule has 0 atom stereocenters. The maximum absolute atomic E-state index is 13.5. The number of hydrogen-bond donors (Lipinski definition) is 2. The molecule has 0 bridgehead atoms. The predicted octanol–water partition coefficient (Wildman–Crippen LogP) is 2.90. The van der Waals surface area contributed by atoms with Crippen LogP contribution < -0.4 is 16.2 Å². The van der Waals surface area contributed by atoms with Gasteiger partial charge in [-0.05, 0) is 55.2 Å². The third-order valence-corrected chi connectivity index (χ3v) is 8.27. The van der Waals surface area contributed by atoms with Crippen LogP contribution in [0.4, 0.5) is 5.82 Å². The number of anilines is 1. The SMILES string of the molecule is CC1(C)Cc2c(ccc(O[C@H]3CC[C@H](N)CC3)c2S(=O)(=O)CCC#N)-c2ncnc(N)c21. The number of nitrogen functional groups attached to an aromatic ring is 1. The number of nitriles is 1. The Labute approximate surface area is 188 Å². The zero-order valence-corrected chi connectivity index (χ0v) is 19.3. The normalized spacial score (nSPS) is 21.8. The van der Waals surface area contributed by atoms with E-state index in [0.717, 1.165) is 36.8 Å². The fourth-order valence-corrected chi connectivity index (χ4v) is 6.45. The number of nitrogens with zero attached hydrogens (tertiary/aromatic N) is 3. The smallest absolute Gasteiger partial charge is 0.183 e. The highest BCUT2D eigenvalue weighted by molar-refractivity contribution is 7.91. The van der Waals surface area contributed by atoms with Crippen LogP contribution in [0.1, 0.15) is 57.1 Å². The predicted molar refractivity (Wildman–Crippen MR) is 122 cm³/mol. The molecule has 4 N–H and O–H groups in total. The highest BCUT2D eigenvalue weighted by Crippen LogP contribution is 2.48. The van der Waals surface area contributed by atoms with E-state index in [1.807, 2.05) is 26.0 Å². The summed E-state index contributed by atoms with van der Waals surface area (Å²) in [5.41, 5.74) is 14.6. The number of ether oxygens (including phenoxy) is 1. The standard InChI is InChI=1S/C23H29N5O3S/c1-23(2)12-17-16(20-19(23)22(26)28-13-27-20)8-9-18(21(17)32(29,30)11-3-10-24)31-15-6-4-14(25)5-7-15/h8-9,13-15H,3-7,11-12,25H2,1-2H3,(H2,26,27,28)/t14-,15-. The van der Waals surface area contributed by atoms with Crippen molar-refractivity contribution in [1.82, 2.24) is 9.97 Å². The number of hydrogen-bond acceptors (Lipinski definition) is 8. The molecule has 170 valence electrons. The minimum Gasteiger partial charge on any atom is -0.489 e. The van der Waals surface area contributed by atoms with E-state index in [0.29, 0.717) is 29.2 Å². The third kappa shape index (κ3) is 4.05. The van der Waals surface area contributed by atoms with Crippen molar-refractivity contribution >= 4 is 15.7 Å². The zero-order chi connectivity index (χ0) is 23.1. The average molecular weight is 456 g/mol. The highest BCUT2D eigenvalue weighted by atomic mass is 32.2. The summed E-state index contributed by atoms with van der Waals surface area (Å²) in [5, 5.41) is 9.03. The highest BCUT2D eigenvalue weighted by Gasteiger charge is 2.39. The van der Waals surface area contributed by atoms with Gasteiger partial charge in [0.1, 0.15) is 22.8 Å². The van der Waals surface area contributed by atoms with Crippen LogP contribution in [0.25, 0.3) is 11.3 Å². The molecule has 8 nitrogen and oxygen atoms in total. The van der Waals surface area contributed by atoms with E-state index in [1.165, 1.54) is 6.33 Å². The largest absolute Gasteiger partial charge is 0.489 e. The molecule has 2 aromatic rings. The molecule has 1 saturated carbocycles. The summed E-state index contributed by atoms with van der Waals surface area (Å²) < 4.78 is 33.2. The lowest BCUT2D eigenvalue weighted by atomic mass is 9.72. The van der Waals surface area contributed by atoms with Crippen LogP contribution in [-0.2, 0) is 21.7 Å². The van der Waals surface area contributed by atoms with Crippen LogP contribution in [0.3, 0.4) is 0 Å². The molecule has 2 aliphatic carbocycles. The van der Waals surface area contributed by atoms with Gasteiger partial charge in [0.2, 0.25) is 0 Å². The van der Waals surface area contributed by atoms with Crippen LogP contribution in [0.5, 0.6) is 5.75 Å². The van der Waals surface area contributed by atoms with Gasteiger partial charge in [-0.15, -0.1) is 0 Å². The first-order valence-corrected chi connectivity index (χ1v) is 12.6. The van der Waals surface area contributed by atoms with Crippen molar-refractivity contribution in [1.29, 1.82) is 5.26 Å². The number of aromatic nitrogens is 2. The van der Waals surface area contributed by atoms with Crippen LogP contribution in [0.2, 0.25) is 0 Å². The molecule has 0 saturated heterocycles. The Hall–Kier alpha value is -2.70. The fraction of sp³-hybridized carbons (Fsp3) is 0.522. The minimum atomic E-state index is -3.77. The minimum absolute atomic E-state index is 0.0837. The molecule has 4 rings (SSSR count). The summed E-state index contributed by atoms with van der Waals surface area (Å²) >= 11 is 0. The summed E-state index contributed by atoms with van der Waals surface area (Å²) in [5.74, 6) is 0.493. The van der Waals surface area contributed by atoms with Gasteiger partial charge in [-0.1, -0.05) is 13.8 Å². The summed E-state index contributed by atoms with van der Waals surface area (Å²) in [6.45, 7) is 4.02. The van der Waals surface area contributed by atoms with Gasteiger partial charge in [0.25, 0.3) is 0 Å². The molecule has 0 spiro atoms. The second kappa shape index (κ2) is 8.34. The lowest BCUT2D eigenvalue weighted by Gasteiger charge is -2.35. The van der Waals surface area contributed by atoms with E-state index in [9.17, 15) is 8.42 Å². The van der Waals surface area contributed by atoms with E-state index in [-0.39, 0.29) is 29.2 Å². The number of benzene rings is 1. The van der Waals surface area contributed by atoms with Crippen molar-refractivity contribution in [3.05, 3.63) is 29.6 Å². The van der Waals surface area contributed by atoms with Crippen molar-refractivity contribution in [2.45, 2.75) is 74.8 Å². The van der Waals surface area contributed by atoms with E-state index < -0.39 is 15.3 Å². The van der Waals surface area contributed by atoms with E-state index in [1.54, 1.807) is 6.07 Å². The topological polar surface area (TPSA) is 145 Å². The molecule has 32 heavy (non-hydrogen) atoms.